The van der Waals surface area contributed by atoms with Gasteiger partial charge in [-0.2, -0.15) is 0 Å². The second-order valence-corrected chi connectivity index (χ2v) is 8.08. The first-order valence-electron chi connectivity index (χ1n) is 10.5. The van der Waals surface area contributed by atoms with Crippen LogP contribution in [0.3, 0.4) is 0 Å². The van der Waals surface area contributed by atoms with Crippen molar-refractivity contribution in [3.63, 3.8) is 0 Å². The third kappa shape index (κ3) is 3.88. The molecule has 28 heavy (non-hydrogen) atoms. The zero-order valence-corrected chi connectivity index (χ0v) is 16.9. The highest BCUT2D eigenvalue weighted by atomic mass is 19.1. The molecule has 0 radical (unpaired) electrons. The van der Waals surface area contributed by atoms with Crippen LogP contribution in [0.25, 0.3) is 0 Å². The Hall–Kier alpha value is -2.08. The molecule has 2 fully saturated rings. The fraction of sp³-hybridized carbons (Fsp3) is 0.591. The van der Waals surface area contributed by atoms with E-state index in [4.69, 9.17) is 9.73 Å². The molecule has 3 aliphatic rings. The number of allylic oxidation sites excluding steroid dienone is 1. The zero-order valence-electron chi connectivity index (χ0n) is 16.9. The minimum absolute atomic E-state index is 0.0611. The summed E-state index contributed by atoms with van der Waals surface area (Å²) in [4.78, 5) is 11.9. The summed E-state index contributed by atoms with van der Waals surface area (Å²) in [5.74, 6) is 0.335. The quantitative estimate of drug-likeness (QED) is 0.786. The summed E-state index contributed by atoms with van der Waals surface area (Å²) >= 11 is 0. The van der Waals surface area contributed by atoms with Crippen molar-refractivity contribution in [2.24, 2.45) is 4.99 Å². The van der Waals surface area contributed by atoms with Crippen molar-refractivity contribution in [2.45, 2.75) is 57.4 Å². The van der Waals surface area contributed by atoms with Gasteiger partial charge in [0.15, 0.2) is 6.29 Å². The highest BCUT2D eigenvalue weighted by Crippen LogP contribution is 2.30. The minimum atomic E-state index is -0.220. The van der Waals surface area contributed by atoms with Crippen molar-refractivity contribution < 1.29 is 9.13 Å². The molecule has 152 valence electrons. The number of hydrogen-bond acceptors (Lipinski definition) is 5. The Balaban J connectivity index is 1.46. The molecule has 0 N–H and O–H groups in total. The van der Waals surface area contributed by atoms with E-state index in [9.17, 15) is 4.39 Å². The molecule has 1 aromatic carbocycles. The summed E-state index contributed by atoms with van der Waals surface area (Å²) in [6.07, 6.45) is 12.7. The summed E-state index contributed by atoms with van der Waals surface area (Å²) in [5.41, 5.74) is 0.656. The lowest BCUT2D eigenvalue weighted by atomic mass is 9.94. The van der Waals surface area contributed by atoms with Crippen LogP contribution in [-0.4, -0.2) is 61.1 Å². The number of rotatable bonds is 4. The van der Waals surface area contributed by atoms with Crippen LogP contribution in [0.15, 0.2) is 35.5 Å². The van der Waals surface area contributed by atoms with Crippen LogP contribution >= 0.6 is 0 Å². The largest absolute Gasteiger partial charge is 0.497 e. The van der Waals surface area contributed by atoms with Crippen LogP contribution in [0.2, 0.25) is 0 Å². The number of hydrogen-bond donors (Lipinski definition) is 0. The first-order valence-corrected chi connectivity index (χ1v) is 10.5. The maximum Gasteiger partial charge on any atom is 0.178 e. The number of piperazine rings is 1. The van der Waals surface area contributed by atoms with E-state index < -0.39 is 0 Å². The predicted molar refractivity (Wildman–Crippen MR) is 111 cm³/mol. The van der Waals surface area contributed by atoms with E-state index in [1.165, 1.54) is 38.2 Å². The average molecular weight is 387 g/mol. The van der Waals surface area contributed by atoms with Gasteiger partial charge in [-0.15, -0.1) is 0 Å². The fourth-order valence-corrected chi connectivity index (χ4v) is 4.77. The van der Waals surface area contributed by atoms with Crippen molar-refractivity contribution in [2.75, 3.05) is 31.6 Å². The van der Waals surface area contributed by atoms with Gasteiger partial charge in [0.2, 0.25) is 0 Å². The Bertz CT molecular complexity index is 731. The van der Waals surface area contributed by atoms with E-state index in [-0.39, 0.29) is 18.1 Å². The molecule has 1 aromatic rings. The SMILES string of the molecule is COc1ccc(N2CCN(C3N=CC=CN3C3CCCCC3)[C@H](C)C2)c(F)c1. The van der Waals surface area contributed by atoms with Gasteiger partial charge in [-0.3, -0.25) is 9.89 Å². The summed E-state index contributed by atoms with van der Waals surface area (Å²) in [6, 6.07) is 5.99. The van der Waals surface area contributed by atoms with E-state index >= 15 is 0 Å². The number of anilines is 1. The Morgan fingerprint density at radius 3 is 2.68 bits per heavy atom. The molecule has 1 aliphatic carbocycles. The average Bonchev–Trinajstić information content (AvgIpc) is 2.74. The molecule has 0 spiro atoms. The molecule has 0 aromatic heterocycles. The van der Waals surface area contributed by atoms with Gasteiger partial charge in [0.25, 0.3) is 0 Å². The molecule has 1 unspecified atom stereocenters. The predicted octanol–water partition coefficient (Wildman–Crippen LogP) is 3.86. The Labute approximate surface area is 167 Å². The summed E-state index contributed by atoms with van der Waals surface area (Å²) < 4.78 is 19.7. The second kappa shape index (κ2) is 8.52. The standard InChI is InChI=1S/C22H31FN4O/c1-17-16-25(21-10-9-19(28-2)15-20(21)23)13-14-26(17)22-24-11-6-12-27(22)18-7-4-3-5-8-18/h6,9-12,15,17-18,22H,3-5,7-8,13-14,16H2,1-2H3/t17-,22?/m1/s1. The molecule has 1 saturated heterocycles. The number of ether oxygens (including phenoxy) is 1. The van der Waals surface area contributed by atoms with Gasteiger partial charge in [0.05, 0.1) is 12.8 Å². The lowest BCUT2D eigenvalue weighted by Crippen LogP contribution is -2.60. The number of methoxy groups -OCH3 is 1. The molecule has 2 atom stereocenters. The Morgan fingerprint density at radius 2 is 1.96 bits per heavy atom. The van der Waals surface area contributed by atoms with Gasteiger partial charge in [0.1, 0.15) is 11.6 Å². The van der Waals surface area contributed by atoms with E-state index in [1.54, 1.807) is 7.11 Å². The summed E-state index contributed by atoms with van der Waals surface area (Å²) in [6.45, 7) is 4.67. The van der Waals surface area contributed by atoms with Gasteiger partial charge >= 0.3 is 0 Å². The van der Waals surface area contributed by atoms with Crippen LogP contribution in [-0.2, 0) is 0 Å². The van der Waals surface area contributed by atoms with E-state index in [1.807, 2.05) is 18.3 Å². The second-order valence-electron chi connectivity index (χ2n) is 8.08. The maximum absolute atomic E-state index is 14.5. The van der Waals surface area contributed by atoms with Gasteiger partial charge < -0.3 is 14.5 Å². The molecule has 2 heterocycles. The lowest BCUT2D eigenvalue weighted by Gasteiger charge is -2.49. The fourth-order valence-electron chi connectivity index (χ4n) is 4.77. The molecule has 0 amide bonds. The monoisotopic (exact) mass is 386 g/mol. The molecule has 0 bridgehead atoms. The van der Waals surface area contributed by atoms with Crippen LogP contribution in [0, 0.1) is 5.82 Å². The number of aliphatic imine (C=N–C) groups is 1. The molecular formula is C22H31FN4O. The Morgan fingerprint density at radius 1 is 1.14 bits per heavy atom. The van der Waals surface area contributed by atoms with Gasteiger partial charge in [-0.25, -0.2) is 4.39 Å². The van der Waals surface area contributed by atoms with E-state index in [2.05, 4.69) is 33.9 Å². The molecule has 5 nitrogen and oxygen atoms in total. The highest BCUT2D eigenvalue weighted by Gasteiger charge is 2.35. The van der Waals surface area contributed by atoms with Crippen molar-refractivity contribution in [1.29, 1.82) is 0 Å². The van der Waals surface area contributed by atoms with Crippen molar-refractivity contribution in [3.8, 4) is 5.75 Å². The van der Waals surface area contributed by atoms with Crippen LogP contribution in [0.4, 0.5) is 10.1 Å². The molecule has 2 aliphatic heterocycles. The third-order valence-electron chi connectivity index (χ3n) is 6.30. The maximum atomic E-state index is 14.5. The van der Waals surface area contributed by atoms with Crippen molar-refractivity contribution >= 4 is 11.9 Å². The van der Waals surface area contributed by atoms with Gasteiger partial charge in [-0.1, -0.05) is 19.3 Å². The smallest absolute Gasteiger partial charge is 0.178 e. The first-order chi connectivity index (χ1) is 13.7. The molecule has 4 rings (SSSR count). The highest BCUT2D eigenvalue weighted by molar-refractivity contribution is 5.71. The number of nitrogens with zero attached hydrogens (tertiary/aromatic N) is 4. The number of halogens is 1. The number of benzene rings is 1. The van der Waals surface area contributed by atoms with Crippen LogP contribution < -0.4 is 9.64 Å². The molecule has 1 saturated carbocycles. The molecular weight excluding hydrogens is 355 g/mol. The lowest BCUT2D eigenvalue weighted by molar-refractivity contribution is 0.0112. The van der Waals surface area contributed by atoms with E-state index in [0.717, 1.165) is 19.6 Å². The van der Waals surface area contributed by atoms with Crippen LogP contribution in [0.5, 0.6) is 5.75 Å². The van der Waals surface area contributed by atoms with E-state index in [0.29, 0.717) is 17.5 Å². The van der Waals surface area contributed by atoms with Crippen LogP contribution in [0.1, 0.15) is 39.0 Å². The summed E-state index contributed by atoms with van der Waals surface area (Å²) in [7, 11) is 1.56. The normalized spacial score (nSPS) is 26.7. The first kappa shape index (κ1) is 19.2. The topological polar surface area (TPSA) is 31.3 Å². The van der Waals surface area contributed by atoms with Crippen molar-refractivity contribution in [3.05, 3.63) is 36.3 Å². The van der Waals surface area contributed by atoms with Gasteiger partial charge in [-0.05, 0) is 38.0 Å². The van der Waals surface area contributed by atoms with Crippen molar-refractivity contribution in [1.82, 2.24) is 9.80 Å². The summed E-state index contributed by atoms with van der Waals surface area (Å²) in [5, 5.41) is 0. The minimum Gasteiger partial charge on any atom is -0.497 e. The molecule has 6 heteroatoms. The van der Waals surface area contributed by atoms with Gasteiger partial charge in [0, 0.05) is 50.2 Å². The Kier molecular flexibility index (Phi) is 5.85. The zero-order chi connectivity index (χ0) is 19.5. The third-order valence-corrected chi connectivity index (χ3v) is 6.30.